The third-order valence-corrected chi connectivity index (χ3v) is 7.36. The third-order valence-electron chi connectivity index (χ3n) is 6.32. The SMILES string of the molecule is O=C1N=C(N2CCN(c3ccc([N+](=O)[O-])cc3)CC2)SC1=Cc1ccc(OCc2ccc([N+](=O)[O-])cc2)cc1. The highest BCUT2D eigenvalue weighted by Gasteiger charge is 2.28. The second-order valence-electron chi connectivity index (χ2n) is 8.84. The van der Waals surface area contributed by atoms with E-state index in [9.17, 15) is 25.0 Å². The minimum Gasteiger partial charge on any atom is -0.489 e. The quantitative estimate of drug-likeness (QED) is 0.232. The number of anilines is 1. The van der Waals surface area contributed by atoms with Gasteiger partial charge < -0.3 is 14.5 Å². The van der Waals surface area contributed by atoms with Crippen molar-refractivity contribution in [3.05, 3.63) is 109 Å². The number of amidine groups is 1. The minimum absolute atomic E-state index is 0.0344. The number of carbonyl (C=O) groups is 1. The zero-order valence-electron chi connectivity index (χ0n) is 20.6. The van der Waals surface area contributed by atoms with Gasteiger partial charge in [0.1, 0.15) is 12.4 Å². The Hall–Kier alpha value is -4.71. The van der Waals surface area contributed by atoms with Crippen LogP contribution in [0.2, 0.25) is 0 Å². The smallest absolute Gasteiger partial charge is 0.286 e. The lowest BCUT2D eigenvalue weighted by atomic mass is 10.2. The molecule has 1 amide bonds. The van der Waals surface area contributed by atoms with E-state index >= 15 is 0 Å². The summed E-state index contributed by atoms with van der Waals surface area (Å²) < 4.78 is 5.77. The number of ether oxygens (including phenoxy) is 1. The number of non-ortho nitro benzene ring substituents is 2. The second-order valence-corrected chi connectivity index (χ2v) is 9.85. The third kappa shape index (κ3) is 6.24. The maximum absolute atomic E-state index is 12.6. The molecule has 39 heavy (non-hydrogen) atoms. The number of nitro groups is 2. The zero-order valence-corrected chi connectivity index (χ0v) is 21.5. The van der Waals surface area contributed by atoms with Crippen LogP contribution in [0.1, 0.15) is 11.1 Å². The van der Waals surface area contributed by atoms with Crippen molar-refractivity contribution in [2.75, 3.05) is 31.1 Å². The van der Waals surface area contributed by atoms with Gasteiger partial charge in [-0.3, -0.25) is 25.0 Å². The van der Waals surface area contributed by atoms with Crippen molar-refractivity contribution in [3.63, 3.8) is 0 Å². The second kappa shape index (κ2) is 11.4. The van der Waals surface area contributed by atoms with Crippen LogP contribution in [0.15, 0.2) is 82.7 Å². The van der Waals surface area contributed by atoms with Crippen LogP contribution in [-0.2, 0) is 11.4 Å². The van der Waals surface area contributed by atoms with Crippen LogP contribution < -0.4 is 9.64 Å². The molecule has 1 saturated heterocycles. The molecule has 2 aliphatic heterocycles. The molecule has 5 rings (SSSR count). The molecule has 1 fully saturated rings. The Morgan fingerprint density at radius 3 is 1.97 bits per heavy atom. The van der Waals surface area contributed by atoms with E-state index in [-0.39, 0.29) is 23.9 Å². The van der Waals surface area contributed by atoms with Crippen molar-refractivity contribution >= 4 is 46.0 Å². The number of nitrogens with zero attached hydrogens (tertiary/aromatic N) is 5. The van der Waals surface area contributed by atoms with E-state index in [4.69, 9.17) is 4.74 Å². The molecule has 0 aromatic heterocycles. The Labute approximate surface area is 227 Å². The van der Waals surface area contributed by atoms with Gasteiger partial charge in [-0.15, -0.1) is 0 Å². The lowest BCUT2D eigenvalue weighted by molar-refractivity contribution is -0.385. The summed E-state index contributed by atoms with van der Waals surface area (Å²) in [6.07, 6.45) is 1.80. The van der Waals surface area contributed by atoms with Gasteiger partial charge in [0.25, 0.3) is 17.3 Å². The van der Waals surface area contributed by atoms with Crippen molar-refractivity contribution < 1.29 is 19.4 Å². The average Bonchev–Trinajstić information content (AvgIpc) is 3.32. The van der Waals surface area contributed by atoms with E-state index < -0.39 is 9.85 Å². The standard InChI is InChI=1S/C27H23N5O6S/c33-26-25(17-19-3-11-24(12-4-19)38-18-20-1-5-22(6-2-20)31(34)35)39-27(28-26)30-15-13-29(14-16-30)21-7-9-23(10-8-21)32(36)37/h1-12,17H,13-16,18H2. The topological polar surface area (TPSA) is 131 Å². The van der Waals surface area contributed by atoms with Gasteiger partial charge in [0.15, 0.2) is 5.17 Å². The summed E-state index contributed by atoms with van der Waals surface area (Å²) in [6, 6.07) is 20.1. The Kier molecular flexibility index (Phi) is 7.55. The number of piperazine rings is 1. The molecule has 0 spiro atoms. The Balaban J connectivity index is 1.13. The van der Waals surface area contributed by atoms with E-state index in [1.165, 1.54) is 36.0 Å². The summed E-state index contributed by atoms with van der Waals surface area (Å²) in [5.41, 5.74) is 2.69. The first-order chi connectivity index (χ1) is 18.9. The predicted molar refractivity (Wildman–Crippen MR) is 149 cm³/mol. The molecule has 11 nitrogen and oxygen atoms in total. The number of hydrogen-bond donors (Lipinski definition) is 0. The predicted octanol–water partition coefficient (Wildman–Crippen LogP) is 4.87. The first-order valence-corrected chi connectivity index (χ1v) is 12.9. The van der Waals surface area contributed by atoms with Crippen LogP contribution in [0, 0.1) is 20.2 Å². The van der Waals surface area contributed by atoms with E-state index in [1.54, 1.807) is 42.5 Å². The zero-order chi connectivity index (χ0) is 27.4. The molecule has 0 unspecified atom stereocenters. The van der Waals surface area contributed by atoms with E-state index in [0.29, 0.717) is 42.0 Å². The van der Waals surface area contributed by atoms with Crippen LogP contribution in [0.4, 0.5) is 17.1 Å². The molecule has 3 aromatic rings. The number of hydrogen-bond acceptors (Lipinski definition) is 9. The van der Waals surface area contributed by atoms with E-state index in [2.05, 4.69) is 14.8 Å². The molecule has 198 valence electrons. The fraction of sp³-hybridized carbons (Fsp3) is 0.185. The molecular formula is C27H23N5O6S. The largest absolute Gasteiger partial charge is 0.489 e. The number of nitro benzene ring substituents is 2. The lowest BCUT2D eigenvalue weighted by Crippen LogP contribution is -2.47. The van der Waals surface area contributed by atoms with E-state index in [1.807, 2.05) is 12.1 Å². The molecule has 2 aliphatic rings. The Morgan fingerprint density at radius 1 is 0.821 bits per heavy atom. The number of rotatable bonds is 7. The van der Waals surface area contributed by atoms with Gasteiger partial charge in [0.05, 0.1) is 14.8 Å². The number of benzene rings is 3. The monoisotopic (exact) mass is 545 g/mol. The normalized spacial score (nSPS) is 16.4. The number of carbonyl (C=O) groups excluding carboxylic acids is 1. The highest BCUT2D eigenvalue weighted by molar-refractivity contribution is 8.18. The number of amides is 1. The Bertz CT molecular complexity index is 1450. The van der Waals surface area contributed by atoms with Gasteiger partial charge in [0.2, 0.25) is 0 Å². The first-order valence-electron chi connectivity index (χ1n) is 12.1. The molecule has 0 N–H and O–H groups in total. The van der Waals surface area contributed by atoms with Crippen molar-refractivity contribution in [2.24, 2.45) is 4.99 Å². The van der Waals surface area contributed by atoms with Crippen LogP contribution in [0.3, 0.4) is 0 Å². The summed E-state index contributed by atoms with van der Waals surface area (Å²) in [7, 11) is 0. The van der Waals surface area contributed by atoms with Crippen LogP contribution in [0.5, 0.6) is 5.75 Å². The summed E-state index contributed by atoms with van der Waals surface area (Å²) in [4.78, 5) is 42.4. The fourth-order valence-corrected chi connectivity index (χ4v) is 5.13. The first kappa shape index (κ1) is 25.9. The summed E-state index contributed by atoms with van der Waals surface area (Å²) in [6.45, 7) is 3.08. The Morgan fingerprint density at radius 2 is 1.38 bits per heavy atom. The molecule has 0 aliphatic carbocycles. The maximum Gasteiger partial charge on any atom is 0.286 e. The molecule has 0 radical (unpaired) electrons. The van der Waals surface area contributed by atoms with Crippen LogP contribution in [-0.4, -0.2) is 52.0 Å². The average molecular weight is 546 g/mol. The van der Waals surface area contributed by atoms with Crippen molar-refractivity contribution in [2.45, 2.75) is 6.61 Å². The number of thioether (sulfide) groups is 1. The summed E-state index contributed by atoms with van der Waals surface area (Å²) in [5, 5.41) is 22.3. The summed E-state index contributed by atoms with van der Waals surface area (Å²) >= 11 is 1.35. The minimum atomic E-state index is -0.441. The fourth-order valence-electron chi connectivity index (χ4n) is 4.17. The summed E-state index contributed by atoms with van der Waals surface area (Å²) in [5.74, 6) is 0.370. The van der Waals surface area contributed by atoms with Crippen LogP contribution >= 0.6 is 11.8 Å². The van der Waals surface area contributed by atoms with Gasteiger partial charge >= 0.3 is 0 Å². The molecule has 0 bridgehead atoms. The lowest BCUT2D eigenvalue weighted by Gasteiger charge is -2.36. The molecule has 2 heterocycles. The van der Waals surface area contributed by atoms with Gasteiger partial charge in [-0.25, -0.2) is 0 Å². The maximum atomic E-state index is 12.6. The van der Waals surface area contributed by atoms with Crippen molar-refractivity contribution in [1.29, 1.82) is 0 Å². The van der Waals surface area contributed by atoms with Crippen LogP contribution in [0.25, 0.3) is 6.08 Å². The number of aliphatic imine (C=N–C) groups is 1. The highest BCUT2D eigenvalue weighted by atomic mass is 32.2. The molecular weight excluding hydrogens is 522 g/mol. The molecule has 12 heteroatoms. The van der Waals surface area contributed by atoms with Gasteiger partial charge in [-0.05, 0) is 65.4 Å². The van der Waals surface area contributed by atoms with Gasteiger partial charge in [0, 0.05) is 56.1 Å². The molecule has 0 saturated carbocycles. The van der Waals surface area contributed by atoms with Crippen molar-refractivity contribution in [1.82, 2.24) is 4.90 Å². The highest BCUT2D eigenvalue weighted by Crippen LogP contribution is 2.31. The molecule has 3 aromatic carbocycles. The molecule has 0 atom stereocenters. The van der Waals surface area contributed by atoms with E-state index in [0.717, 1.165) is 16.8 Å². The van der Waals surface area contributed by atoms with Gasteiger partial charge in [-0.2, -0.15) is 4.99 Å². The van der Waals surface area contributed by atoms with Crippen molar-refractivity contribution in [3.8, 4) is 5.75 Å². The van der Waals surface area contributed by atoms with Gasteiger partial charge in [-0.1, -0.05) is 12.1 Å².